The van der Waals surface area contributed by atoms with Crippen LogP contribution in [0.5, 0.6) is 0 Å². The topological polar surface area (TPSA) is 71.6 Å². The lowest BCUT2D eigenvalue weighted by Gasteiger charge is -2.13. The Kier molecular flexibility index (Phi) is 4.75. The molecule has 4 rings (SSSR count). The summed E-state index contributed by atoms with van der Waals surface area (Å²) in [6.45, 7) is 0.166. The van der Waals surface area contributed by atoms with Gasteiger partial charge in [-0.3, -0.25) is 14.0 Å². The number of hydrogen-bond acceptors (Lipinski definition) is 4. The van der Waals surface area contributed by atoms with E-state index >= 15 is 0 Å². The Morgan fingerprint density at radius 3 is 2.59 bits per heavy atom. The first-order valence-electron chi connectivity index (χ1n) is 9.12. The van der Waals surface area contributed by atoms with E-state index in [0.29, 0.717) is 23.0 Å². The molecular formula is C21H20FN5O2. The Bertz CT molecular complexity index is 1260. The molecule has 0 aliphatic heterocycles. The number of nitrogens with zero attached hydrogens (tertiary/aromatic N) is 4. The number of anilines is 1. The summed E-state index contributed by atoms with van der Waals surface area (Å²) in [5, 5.41) is 7.48. The maximum atomic E-state index is 13.4. The second-order valence-electron chi connectivity index (χ2n) is 7.03. The van der Waals surface area contributed by atoms with Crippen LogP contribution in [0.1, 0.15) is 5.56 Å². The maximum absolute atomic E-state index is 13.4. The number of rotatable bonds is 5. The number of hydrogen-bond donors (Lipinski definition) is 1. The van der Waals surface area contributed by atoms with Crippen molar-refractivity contribution >= 4 is 28.0 Å². The van der Waals surface area contributed by atoms with Crippen molar-refractivity contribution in [2.75, 3.05) is 19.0 Å². The third kappa shape index (κ3) is 3.69. The second kappa shape index (κ2) is 7.38. The molecule has 1 N–H and O–H groups in total. The minimum Gasteiger partial charge on any atom is -0.378 e. The van der Waals surface area contributed by atoms with Crippen molar-refractivity contribution in [3.8, 4) is 0 Å². The molecule has 2 aromatic heterocycles. The highest BCUT2D eigenvalue weighted by Gasteiger charge is 2.12. The molecule has 2 aromatic carbocycles. The number of halogens is 1. The Labute approximate surface area is 166 Å². The van der Waals surface area contributed by atoms with Gasteiger partial charge in [0, 0.05) is 31.7 Å². The van der Waals surface area contributed by atoms with Crippen LogP contribution in [0.2, 0.25) is 0 Å². The van der Waals surface area contributed by atoms with E-state index in [1.54, 1.807) is 16.5 Å². The molecule has 8 heteroatoms. The van der Waals surface area contributed by atoms with Crippen molar-refractivity contribution in [2.45, 2.75) is 13.1 Å². The molecule has 0 aliphatic rings. The Morgan fingerprint density at radius 2 is 1.86 bits per heavy atom. The van der Waals surface area contributed by atoms with E-state index in [4.69, 9.17) is 0 Å². The van der Waals surface area contributed by atoms with Crippen LogP contribution < -0.4 is 15.8 Å². The highest BCUT2D eigenvalue weighted by molar-refractivity contribution is 5.86. The molecule has 7 nitrogen and oxygen atoms in total. The fraction of sp³-hybridized carbons (Fsp3) is 0.190. The van der Waals surface area contributed by atoms with E-state index in [0.717, 1.165) is 15.9 Å². The molecule has 0 aliphatic carbocycles. The predicted octanol–water partition coefficient (Wildman–Crippen LogP) is 2.17. The monoisotopic (exact) mass is 393 g/mol. The SMILES string of the molecule is CN(C)c1ccc(CNC(=O)Cn2ncn3c(cc4cc(F)ccc43)c2=O)cc1. The van der Waals surface area contributed by atoms with Gasteiger partial charge in [-0.15, -0.1) is 0 Å². The first-order chi connectivity index (χ1) is 13.9. The molecule has 29 heavy (non-hydrogen) atoms. The molecule has 0 bridgehead atoms. The van der Waals surface area contributed by atoms with Gasteiger partial charge in [-0.25, -0.2) is 9.07 Å². The van der Waals surface area contributed by atoms with Crippen LogP contribution in [0.4, 0.5) is 10.1 Å². The average Bonchev–Trinajstić information content (AvgIpc) is 3.07. The Balaban J connectivity index is 1.49. The van der Waals surface area contributed by atoms with Crippen molar-refractivity contribution < 1.29 is 9.18 Å². The van der Waals surface area contributed by atoms with Crippen LogP contribution in [0, 0.1) is 5.82 Å². The highest BCUT2D eigenvalue weighted by atomic mass is 19.1. The third-order valence-corrected chi connectivity index (χ3v) is 4.80. The van der Waals surface area contributed by atoms with Gasteiger partial charge in [0.15, 0.2) is 0 Å². The zero-order chi connectivity index (χ0) is 20.5. The van der Waals surface area contributed by atoms with Crippen molar-refractivity contribution in [1.29, 1.82) is 0 Å². The Morgan fingerprint density at radius 1 is 1.10 bits per heavy atom. The maximum Gasteiger partial charge on any atom is 0.291 e. The Hall–Kier alpha value is -3.68. The molecule has 0 saturated heterocycles. The number of benzene rings is 2. The van der Waals surface area contributed by atoms with E-state index < -0.39 is 5.56 Å². The van der Waals surface area contributed by atoms with Gasteiger partial charge >= 0.3 is 0 Å². The molecule has 0 unspecified atom stereocenters. The summed E-state index contributed by atoms with van der Waals surface area (Å²) in [6.07, 6.45) is 1.46. The van der Waals surface area contributed by atoms with Gasteiger partial charge in [-0.2, -0.15) is 5.10 Å². The summed E-state index contributed by atoms with van der Waals surface area (Å²) < 4.78 is 16.1. The fourth-order valence-corrected chi connectivity index (χ4v) is 3.21. The normalized spacial score (nSPS) is 11.1. The molecule has 0 spiro atoms. The summed E-state index contributed by atoms with van der Waals surface area (Å²) in [7, 11) is 3.92. The first-order valence-corrected chi connectivity index (χ1v) is 9.12. The summed E-state index contributed by atoms with van der Waals surface area (Å²) in [6, 6.07) is 13.7. The molecule has 148 valence electrons. The lowest BCUT2D eigenvalue weighted by Crippen LogP contribution is -2.33. The molecule has 1 amide bonds. The van der Waals surface area contributed by atoms with E-state index in [2.05, 4.69) is 10.4 Å². The van der Waals surface area contributed by atoms with Gasteiger partial charge in [0.05, 0.1) is 5.52 Å². The largest absolute Gasteiger partial charge is 0.378 e. The number of aromatic nitrogens is 3. The quantitative estimate of drug-likeness (QED) is 0.564. The molecule has 0 radical (unpaired) electrons. The molecule has 4 aromatic rings. The summed E-state index contributed by atoms with van der Waals surface area (Å²) in [4.78, 5) is 27.0. The van der Waals surface area contributed by atoms with Crippen molar-refractivity contribution in [2.24, 2.45) is 0 Å². The van der Waals surface area contributed by atoms with Gasteiger partial charge in [-0.1, -0.05) is 12.1 Å². The van der Waals surface area contributed by atoms with Crippen molar-refractivity contribution in [1.82, 2.24) is 19.5 Å². The first kappa shape index (κ1) is 18.7. The van der Waals surface area contributed by atoms with E-state index in [9.17, 15) is 14.0 Å². The van der Waals surface area contributed by atoms with Crippen LogP contribution in [0.3, 0.4) is 0 Å². The molecule has 0 fully saturated rings. The average molecular weight is 393 g/mol. The van der Waals surface area contributed by atoms with Crippen LogP contribution >= 0.6 is 0 Å². The summed E-state index contributed by atoms with van der Waals surface area (Å²) in [5.74, 6) is -0.692. The van der Waals surface area contributed by atoms with E-state index in [1.807, 2.05) is 43.3 Å². The zero-order valence-electron chi connectivity index (χ0n) is 16.1. The smallest absolute Gasteiger partial charge is 0.291 e. The number of nitrogens with one attached hydrogen (secondary N) is 1. The lowest BCUT2D eigenvalue weighted by molar-refractivity contribution is -0.122. The van der Waals surface area contributed by atoms with Crippen molar-refractivity contribution in [3.63, 3.8) is 0 Å². The van der Waals surface area contributed by atoms with Gasteiger partial charge in [0.2, 0.25) is 5.91 Å². The van der Waals surface area contributed by atoms with E-state index in [1.165, 1.54) is 18.5 Å². The van der Waals surface area contributed by atoms with Gasteiger partial charge in [0.25, 0.3) is 5.56 Å². The fourth-order valence-electron chi connectivity index (χ4n) is 3.21. The number of carbonyl (C=O) groups excluding carboxylic acids is 1. The van der Waals surface area contributed by atoms with Crippen LogP contribution in [0.25, 0.3) is 16.4 Å². The van der Waals surface area contributed by atoms with Gasteiger partial charge in [-0.05, 0) is 42.0 Å². The van der Waals surface area contributed by atoms with E-state index in [-0.39, 0.29) is 18.3 Å². The van der Waals surface area contributed by atoms with Crippen LogP contribution in [0.15, 0.2) is 59.7 Å². The lowest BCUT2D eigenvalue weighted by atomic mass is 10.2. The minimum atomic E-state index is -0.408. The second-order valence-corrected chi connectivity index (χ2v) is 7.03. The third-order valence-electron chi connectivity index (χ3n) is 4.80. The number of fused-ring (bicyclic) bond motifs is 3. The number of amides is 1. The standard InChI is InChI=1S/C21H20FN5O2/c1-25(2)17-6-3-14(4-7-17)11-23-20(28)12-27-21(29)19-10-15-9-16(22)5-8-18(15)26(19)13-24-27/h3-10,13H,11-12H2,1-2H3,(H,23,28). The highest BCUT2D eigenvalue weighted by Crippen LogP contribution is 2.18. The molecule has 0 saturated carbocycles. The minimum absolute atomic E-state index is 0.193. The summed E-state index contributed by atoms with van der Waals surface area (Å²) >= 11 is 0. The van der Waals surface area contributed by atoms with Crippen LogP contribution in [-0.4, -0.2) is 34.2 Å². The molecular weight excluding hydrogens is 373 g/mol. The number of carbonyl (C=O) groups is 1. The van der Waals surface area contributed by atoms with Gasteiger partial charge in [0.1, 0.15) is 24.2 Å². The molecule has 2 heterocycles. The van der Waals surface area contributed by atoms with Crippen LogP contribution in [-0.2, 0) is 17.9 Å². The van der Waals surface area contributed by atoms with Gasteiger partial charge < -0.3 is 10.2 Å². The van der Waals surface area contributed by atoms with Crippen molar-refractivity contribution in [3.05, 3.63) is 76.6 Å². The predicted molar refractivity (Wildman–Crippen MR) is 110 cm³/mol. The summed E-state index contributed by atoms with van der Waals surface area (Å²) in [5.41, 5.74) is 2.65. The zero-order valence-corrected chi connectivity index (χ0v) is 16.1. The molecule has 0 atom stereocenters.